The van der Waals surface area contributed by atoms with E-state index in [0.29, 0.717) is 5.39 Å². The van der Waals surface area contributed by atoms with Crippen molar-refractivity contribution in [1.29, 1.82) is 0 Å². The van der Waals surface area contributed by atoms with Crippen molar-refractivity contribution in [3.63, 3.8) is 0 Å². The van der Waals surface area contributed by atoms with Gasteiger partial charge in [0.15, 0.2) is 0 Å². The molecule has 1 aromatic carbocycles. The number of fused-ring (bicyclic) bond motifs is 1. The summed E-state index contributed by atoms with van der Waals surface area (Å²) >= 11 is 5.77. The van der Waals surface area contributed by atoms with Gasteiger partial charge in [-0.25, -0.2) is 18.0 Å². The standard InChI is InChI=1S/C16H17ClF3N3O3/c1-26-15(25)23-4-2-9(3-5-23)16(19,20)14(24)11-12(18)10(17)6-8-7-21-22-13(8)11/h6-7,9,14,24H,2-5H2,1H3,(H,21,22). The van der Waals surface area contributed by atoms with Crippen LogP contribution in [0.1, 0.15) is 24.5 Å². The third kappa shape index (κ3) is 3.09. The van der Waals surface area contributed by atoms with E-state index >= 15 is 0 Å². The van der Waals surface area contributed by atoms with E-state index in [2.05, 4.69) is 14.9 Å². The van der Waals surface area contributed by atoms with Crippen LogP contribution in [0.3, 0.4) is 0 Å². The fourth-order valence-corrected chi connectivity index (χ4v) is 3.53. The molecule has 26 heavy (non-hydrogen) atoms. The van der Waals surface area contributed by atoms with Gasteiger partial charge in [0.05, 0.1) is 23.8 Å². The molecule has 10 heteroatoms. The Kier molecular flexibility index (Phi) is 5.03. The average molecular weight is 392 g/mol. The molecule has 2 heterocycles. The highest BCUT2D eigenvalue weighted by molar-refractivity contribution is 6.31. The number of nitrogens with one attached hydrogen (secondary N) is 1. The zero-order chi connectivity index (χ0) is 19.1. The zero-order valence-corrected chi connectivity index (χ0v) is 14.6. The van der Waals surface area contributed by atoms with Crippen molar-refractivity contribution < 1.29 is 27.8 Å². The highest BCUT2D eigenvalue weighted by Gasteiger charge is 2.50. The number of alkyl halides is 2. The summed E-state index contributed by atoms with van der Waals surface area (Å²) in [5.41, 5.74) is -0.628. The number of aliphatic hydroxyl groups is 1. The Hall–Kier alpha value is -2.00. The maximum absolute atomic E-state index is 14.9. The van der Waals surface area contributed by atoms with Crippen molar-refractivity contribution in [2.24, 2.45) is 5.92 Å². The summed E-state index contributed by atoms with van der Waals surface area (Å²) in [5, 5.41) is 16.4. The number of carbonyl (C=O) groups is 1. The number of methoxy groups -OCH3 is 1. The van der Waals surface area contributed by atoms with Crippen molar-refractivity contribution in [3.8, 4) is 0 Å². The monoisotopic (exact) mass is 391 g/mol. The quantitative estimate of drug-likeness (QED) is 0.839. The molecule has 1 aromatic heterocycles. The Balaban J connectivity index is 1.88. The molecule has 0 bridgehead atoms. The minimum absolute atomic E-state index is 0.0222. The van der Waals surface area contributed by atoms with E-state index in [0.717, 1.165) is 0 Å². The van der Waals surface area contributed by atoms with E-state index in [1.54, 1.807) is 0 Å². The minimum Gasteiger partial charge on any atom is -0.453 e. The van der Waals surface area contributed by atoms with Gasteiger partial charge in [-0.1, -0.05) is 11.6 Å². The van der Waals surface area contributed by atoms with Crippen LogP contribution in [0.5, 0.6) is 0 Å². The second-order valence-corrected chi connectivity index (χ2v) is 6.64. The number of rotatable bonds is 3. The van der Waals surface area contributed by atoms with Crippen LogP contribution < -0.4 is 0 Å². The number of aromatic nitrogens is 2. The molecule has 1 aliphatic rings. The number of hydrogen-bond acceptors (Lipinski definition) is 4. The summed E-state index contributed by atoms with van der Waals surface area (Å²) in [5.74, 6) is -5.96. The maximum Gasteiger partial charge on any atom is 0.409 e. The molecule has 142 valence electrons. The van der Waals surface area contributed by atoms with Crippen LogP contribution in [0.2, 0.25) is 5.02 Å². The number of nitrogens with zero attached hydrogens (tertiary/aromatic N) is 2. The predicted octanol–water partition coefficient (Wildman–Crippen LogP) is 3.50. The van der Waals surface area contributed by atoms with Crippen LogP contribution >= 0.6 is 11.6 Å². The smallest absolute Gasteiger partial charge is 0.409 e. The Bertz CT molecular complexity index is 822. The Morgan fingerprint density at radius 1 is 1.50 bits per heavy atom. The first-order valence-corrected chi connectivity index (χ1v) is 8.35. The van der Waals surface area contributed by atoms with Crippen molar-refractivity contribution in [1.82, 2.24) is 15.1 Å². The molecule has 6 nitrogen and oxygen atoms in total. The molecule has 1 aliphatic heterocycles. The Morgan fingerprint density at radius 2 is 2.15 bits per heavy atom. The number of likely N-dealkylation sites (tertiary alicyclic amines) is 1. The van der Waals surface area contributed by atoms with E-state index in [1.807, 2.05) is 0 Å². The molecule has 1 fully saturated rings. The highest BCUT2D eigenvalue weighted by atomic mass is 35.5. The number of amides is 1. The fraction of sp³-hybridized carbons (Fsp3) is 0.500. The fourth-order valence-electron chi connectivity index (χ4n) is 3.31. The summed E-state index contributed by atoms with van der Waals surface area (Å²) in [6.45, 7) is 0.133. The summed E-state index contributed by atoms with van der Waals surface area (Å²) in [6, 6.07) is 1.25. The summed E-state index contributed by atoms with van der Waals surface area (Å²) in [6.07, 6.45) is -1.78. The molecule has 0 radical (unpaired) electrons. The molecule has 0 aliphatic carbocycles. The molecule has 1 unspecified atom stereocenters. The van der Waals surface area contributed by atoms with Gasteiger partial charge in [0.25, 0.3) is 5.92 Å². The van der Waals surface area contributed by atoms with Gasteiger partial charge in [0.1, 0.15) is 11.9 Å². The van der Waals surface area contributed by atoms with Crippen molar-refractivity contribution in [2.75, 3.05) is 20.2 Å². The third-order valence-corrected chi connectivity index (χ3v) is 5.05. The topological polar surface area (TPSA) is 78.4 Å². The lowest BCUT2D eigenvalue weighted by Gasteiger charge is -2.37. The second kappa shape index (κ2) is 6.96. The van der Waals surface area contributed by atoms with Crippen molar-refractivity contribution in [2.45, 2.75) is 24.9 Å². The van der Waals surface area contributed by atoms with E-state index in [4.69, 9.17) is 11.6 Å². The number of piperidine rings is 1. The molecular formula is C16H17ClF3N3O3. The zero-order valence-electron chi connectivity index (χ0n) is 13.8. The molecule has 3 rings (SSSR count). The summed E-state index contributed by atoms with van der Waals surface area (Å²) in [4.78, 5) is 12.8. The molecule has 2 aromatic rings. The van der Waals surface area contributed by atoms with Gasteiger partial charge in [-0.2, -0.15) is 5.10 Å². The lowest BCUT2D eigenvalue weighted by atomic mass is 9.84. The predicted molar refractivity (Wildman–Crippen MR) is 87.7 cm³/mol. The Labute approximate surface area is 151 Å². The largest absolute Gasteiger partial charge is 0.453 e. The number of carbonyl (C=O) groups excluding carboxylic acids is 1. The van der Waals surface area contributed by atoms with E-state index < -0.39 is 35.4 Å². The number of benzene rings is 1. The molecule has 1 saturated heterocycles. The van der Waals surface area contributed by atoms with Crippen LogP contribution in [-0.2, 0) is 4.74 Å². The first kappa shape index (κ1) is 18.8. The van der Waals surface area contributed by atoms with Crippen LogP contribution in [-0.4, -0.2) is 52.4 Å². The first-order valence-electron chi connectivity index (χ1n) is 7.97. The summed E-state index contributed by atoms with van der Waals surface area (Å²) in [7, 11) is 1.21. The number of halogens is 4. The Morgan fingerprint density at radius 3 is 2.77 bits per heavy atom. The normalized spacial score (nSPS) is 17.5. The van der Waals surface area contributed by atoms with Gasteiger partial charge >= 0.3 is 6.09 Å². The van der Waals surface area contributed by atoms with Gasteiger partial charge < -0.3 is 14.7 Å². The van der Waals surface area contributed by atoms with Gasteiger partial charge in [-0.05, 0) is 18.9 Å². The van der Waals surface area contributed by atoms with Crippen LogP contribution in [0, 0.1) is 11.7 Å². The molecule has 0 saturated carbocycles. The molecule has 1 atom stereocenters. The number of hydrogen-bond donors (Lipinski definition) is 2. The lowest BCUT2D eigenvalue weighted by molar-refractivity contribution is -0.160. The van der Waals surface area contributed by atoms with Crippen molar-refractivity contribution >= 4 is 28.6 Å². The average Bonchev–Trinajstić information content (AvgIpc) is 3.09. The van der Waals surface area contributed by atoms with E-state index in [9.17, 15) is 23.1 Å². The van der Waals surface area contributed by atoms with Crippen LogP contribution in [0.4, 0.5) is 18.0 Å². The van der Waals surface area contributed by atoms with E-state index in [1.165, 1.54) is 24.3 Å². The van der Waals surface area contributed by atoms with Crippen molar-refractivity contribution in [3.05, 3.63) is 28.7 Å². The van der Waals surface area contributed by atoms with Gasteiger partial charge in [0.2, 0.25) is 0 Å². The second-order valence-electron chi connectivity index (χ2n) is 6.23. The summed E-state index contributed by atoms with van der Waals surface area (Å²) < 4.78 is 48.8. The van der Waals surface area contributed by atoms with E-state index in [-0.39, 0.29) is 36.5 Å². The van der Waals surface area contributed by atoms with Crippen LogP contribution in [0.15, 0.2) is 12.3 Å². The van der Waals surface area contributed by atoms with Gasteiger partial charge in [0, 0.05) is 30.0 Å². The first-order chi connectivity index (χ1) is 12.3. The SMILES string of the molecule is COC(=O)N1CCC(C(F)(F)C(O)c2c(F)c(Cl)cc3cn[nH]c23)CC1. The highest BCUT2D eigenvalue weighted by Crippen LogP contribution is 2.45. The minimum atomic E-state index is -3.62. The molecule has 2 N–H and O–H groups in total. The van der Waals surface area contributed by atoms with Gasteiger partial charge in [-0.15, -0.1) is 0 Å². The number of aliphatic hydroxyl groups excluding tert-OH is 1. The maximum atomic E-state index is 14.9. The lowest BCUT2D eigenvalue weighted by Crippen LogP contribution is -2.45. The third-order valence-electron chi connectivity index (χ3n) is 4.78. The molecular weight excluding hydrogens is 375 g/mol. The number of ether oxygens (including phenoxy) is 1. The van der Waals surface area contributed by atoms with Crippen LogP contribution in [0.25, 0.3) is 10.9 Å². The molecule has 1 amide bonds. The van der Waals surface area contributed by atoms with Gasteiger partial charge in [-0.3, -0.25) is 5.10 Å². The molecule has 0 spiro atoms. The number of H-pyrrole nitrogens is 1. The number of aromatic amines is 1.